The van der Waals surface area contributed by atoms with E-state index in [1.807, 2.05) is 0 Å². The van der Waals surface area contributed by atoms with Gasteiger partial charge in [0.1, 0.15) is 12.2 Å². The molecule has 0 aromatic heterocycles. The molecule has 0 aromatic carbocycles. The molecule has 6 fully saturated rings. The van der Waals surface area contributed by atoms with Crippen molar-refractivity contribution >= 4 is 0 Å². The van der Waals surface area contributed by atoms with Crippen LogP contribution in [0.25, 0.3) is 0 Å². The van der Waals surface area contributed by atoms with Gasteiger partial charge in [-0.25, -0.2) is 0 Å². The van der Waals surface area contributed by atoms with Crippen LogP contribution in [-0.4, -0.2) is 57.0 Å². The molecule has 5 nitrogen and oxygen atoms in total. The second-order valence-electron chi connectivity index (χ2n) is 14.6. The van der Waals surface area contributed by atoms with Crippen LogP contribution in [0.5, 0.6) is 0 Å². The van der Waals surface area contributed by atoms with Crippen LogP contribution < -0.4 is 0 Å². The van der Waals surface area contributed by atoms with Crippen LogP contribution >= 0.6 is 0 Å². The number of ether oxygens (including phenoxy) is 3. The van der Waals surface area contributed by atoms with Crippen molar-refractivity contribution in [3.8, 4) is 0 Å². The second-order valence-corrected chi connectivity index (χ2v) is 14.6. The van der Waals surface area contributed by atoms with Gasteiger partial charge < -0.3 is 24.4 Å². The lowest BCUT2D eigenvalue weighted by atomic mass is 9.58. The van der Waals surface area contributed by atoms with Crippen LogP contribution in [0.4, 0.5) is 0 Å². The van der Waals surface area contributed by atoms with Gasteiger partial charge in [0.25, 0.3) is 0 Å². The first-order valence-corrected chi connectivity index (χ1v) is 14.6. The number of hydrogen-bond acceptors (Lipinski definition) is 5. The van der Waals surface area contributed by atoms with Crippen molar-refractivity contribution in [3.63, 3.8) is 0 Å². The van der Waals surface area contributed by atoms with Gasteiger partial charge in [0.2, 0.25) is 0 Å². The highest BCUT2D eigenvalue weighted by Gasteiger charge is 2.66. The van der Waals surface area contributed by atoms with Crippen molar-refractivity contribution in [2.24, 2.45) is 35.5 Å². The maximum absolute atomic E-state index is 12.1. The van der Waals surface area contributed by atoms with Gasteiger partial charge in [-0.1, -0.05) is 27.7 Å². The van der Waals surface area contributed by atoms with Crippen LogP contribution in [-0.2, 0) is 14.2 Å². The predicted octanol–water partition coefficient (Wildman–Crippen LogP) is 5.50. The fraction of sp³-hybridized carbons (Fsp3) is 1.00. The lowest BCUT2D eigenvalue weighted by Crippen LogP contribution is -2.66. The third kappa shape index (κ3) is 4.06. The highest BCUT2D eigenvalue weighted by molar-refractivity contribution is 5.14. The quantitative estimate of drug-likeness (QED) is 0.533. The first kappa shape index (κ1) is 26.4. The topological polar surface area (TPSA) is 68.2 Å². The molecule has 6 heterocycles. The van der Waals surface area contributed by atoms with Gasteiger partial charge in [0.05, 0.1) is 34.6 Å². The molecule has 5 heteroatoms. The van der Waals surface area contributed by atoms with E-state index >= 15 is 0 Å². The van der Waals surface area contributed by atoms with Gasteiger partial charge in [-0.2, -0.15) is 0 Å². The lowest BCUT2D eigenvalue weighted by molar-refractivity contribution is -0.305. The SMILES string of the molecule is CC(C)[C@H]1CC[C@@]2(C)CCC3C4CC[C@@]5(C)O[C@@]4(C)CC[C@H](C(C)C)[C@H](O)C5OC([C@H]1O)[C@]3(C)O2. The van der Waals surface area contributed by atoms with E-state index < -0.39 is 35.6 Å². The van der Waals surface area contributed by atoms with Crippen molar-refractivity contribution in [1.29, 1.82) is 0 Å². The Balaban J connectivity index is 1.71. The summed E-state index contributed by atoms with van der Waals surface area (Å²) in [6.45, 7) is 17.9. The first-order valence-electron chi connectivity index (χ1n) is 14.6. The highest BCUT2D eigenvalue weighted by atomic mass is 16.6. The summed E-state index contributed by atoms with van der Waals surface area (Å²) in [5, 5.41) is 24.0. The van der Waals surface area contributed by atoms with Crippen LogP contribution in [0.15, 0.2) is 0 Å². The smallest absolute Gasteiger partial charge is 0.113 e. The molecule has 0 radical (unpaired) electrons. The molecular formula is C30H52O5. The minimum Gasteiger partial charge on any atom is -0.390 e. The van der Waals surface area contributed by atoms with Crippen LogP contribution in [0, 0.1) is 35.5 Å². The summed E-state index contributed by atoms with van der Waals surface area (Å²) < 4.78 is 21.5. The largest absolute Gasteiger partial charge is 0.390 e. The summed E-state index contributed by atoms with van der Waals surface area (Å²) in [5.41, 5.74) is -1.70. The predicted molar refractivity (Wildman–Crippen MR) is 137 cm³/mol. The first-order chi connectivity index (χ1) is 16.2. The monoisotopic (exact) mass is 492 g/mol. The molecule has 35 heavy (non-hydrogen) atoms. The van der Waals surface area contributed by atoms with Gasteiger partial charge in [-0.05, 0) is 115 Å². The van der Waals surface area contributed by atoms with E-state index in [9.17, 15) is 10.2 Å². The Hall–Kier alpha value is -0.200. The van der Waals surface area contributed by atoms with Crippen molar-refractivity contribution in [2.45, 2.75) is 154 Å². The highest BCUT2D eigenvalue weighted by Crippen LogP contribution is 2.60. The number of aliphatic hydroxyl groups is 2. The molecule has 12 atom stereocenters. The molecule has 4 unspecified atom stereocenters. The summed E-state index contributed by atoms with van der Waals surface area (Å²) >= 11 is 0. The van der Waals surface area contributed by atoms with Gasteiger partial charge in [-0.15, -0.1) is 0 Å². The van der Waals surface area contributed by atoms with Gasteiger partial charge >= 0.3 is 0 Å². The average Bonchev–Trinajstić information content (AvgIpc) is 2.77. The van der Waals surface area contributed by atoms with E-state index in [1.165, 1.54) is 0 Å². The fourth-order valence-electron chi connectivity index (χ4n) is 9.39. The minimum absolute atomic E-state index is 0.142. The molecule has 0 aliphatic carbocycles. The Bertz CT molecular complexity index is 800. The molecular weight excluding hydrogens is 440 g/mol. The van der Waals surface area contributed by atoms with Crippen molar-refractivity contribution in [2.75, 3.05) is 0 Å². The standard InChI is InChI=1S/C30H52O5/c1-17(2)19-9-13-27(5)14-11-22-21-12-16-29(7)25(33-26(24(19)32)30(22,8)34-27)23(31)20(18(3)4)10-15-28(21,6)35-29/h17-26,31-32H,9-16H2,1-8H3/t19-,20-,21?,22?,23+,24+,25?,26?,27+,28+,29-,30-/m1/s1. The summed E-state index contributed by atoms with van der Waals surface area (Å²) in [4.78, 5) is 0. The van der Waals surface area contributed by atoms with E-state index in [-0.39, 0.29) is 29.0 Å². The molecule has 0 spiro atoms. The number of fused-ring (bicyclic) bond motifs is 2. The maximum atomic E-state index is 12.1. The zero-order valence-corrected chi connectivity index (χ0v) is 23.5. The van der Waals surface area contributed by atoms with Crippen LogP contribution in [0.1, 0.15) is 107 Å². The van der Waals surface area contributed by atoms with Gasteiger partial charge in [-0.3, -0.25) is 0 Å². The molecule has 6 bridgehead atoms. The molecule has 202 valence electrons. The Morgan fingerprint density at radius 3 is 1.77 bits per heavy atom. The zero-order chi connectivity index (χ0) is 25.6. The van der Waals surface area contributed by atoms with Gasteiger partial charge in [0.15, 0.2) is 0 Å². The van der Waals surface area contributed by atoms with E-state index in [1.54, 1.807) is 0 Å². The van der Waals surface area contributed by atoms with Crippen molar-refractivity contribution in [3.05, 3.63) is 0 Å². The molecule has 6 aliphatic rings. The lowest BCUT2D eigenvalue weighted by Gasteiger charge is -2.60. The molecule has 6 rings (SSSR count). The molecule has 0 saturated carbocycles. The number of aliphatic hydroxyl groups excluding tert-OH is 2. The van der Waals surface area contributed by atoms with Crippen LogP contribution in [0.2, 0.25) is 0 Å². The van der Waals surface area contributed by atoms with Crippen molar-refractivity contribution < 1.29 is 24.4 Å². The van der Waals surface area contributed by atoms with Gasteiger partial charge in [0, 0.05) is 0 Å². The maximum Gasteiger partial charge on any atom is 0.113 e. The van der Waals surface area contributed by atoms with E-state index in [2.05, 4.69) is 55.4 Å². The van der Waals surface area contributed by atoms with E-state index in [0.717, 1.165) is 51.4 Å². The molecule has 6 saturated heterocycles. The van der Waals surface area contributed by atoms with E-state index in [0.29, 0.717) is 17.8 Å². The normalized spacial score (nSPS) is 56.6. The van der Waals surface area contributed by atoms with Crippen molar-refractivity contribution in [1.82, 2.24) is 0 Å². The zero-order valence-electron chi connectivity index (χ0n) is 23.5. The number of hydrogen-bond donors (Lipinski definition) is 2. The minimum atomic E-state index is -0.634. The summed E-state index contributed by atoms with van der Waals surface area (Å²) in [7, 11) is 0. The third-order valence-corrected chi connectivity index (χ3v) is 11.5. The molecule has 0 aromatic rings. The van der Waals surface area contributed by atoms with E-state index in [4.69, 9.17) is 14.2 Å². The average molecular weight is 493 g/mol. The fourth-order valence-corrected chi connectivity index (χ4v) is 9.39. The third-order valence-electron chi connectivity index (χ3n) is 11.5. The molecule has 6 aliphatic heterocycles. The Morgan fingerprint density at radius 1 is 0.629 bits per heavy atom. The number of rotatable bonds is 2. The summed E-state index contributed by atoms with van der Waals surface area (Å²) in [6, 6.07) is 0. The van der Waals surface area contributed by atoms with Crippen LogP contribution in [0.3, 0.4) is 0 Å². The molecule has 0 amide bonds. The Kier molecular flexibility index (Phi) is 6.53. The Morgan fingerprint density at radius 2 is 1.14 bits per heavy atom. The summed E-state index contributed by atoms with van der Waals surface area (Å²) in [5.74, 6) is 1.59. The summed E-state index contributed by atoms with van der Waals surface area (Å²) in [6.07, 6.45) is 5.60. The Labute approximate surface area is 213 Å². The second kappa shape index (κ2) is 8.66. The molecule has 2 N–H and O–H groups in total.